The van der Waals surface area contributed by atoms with Crippen molar-refractivity contribution in [2.75, 3.05) is 36.0 Å². The molecule has 0 amide bonds. The van der Waals surface area contributed by atoms with Crippen LogP contribution >= 0.6 is 0 Å². The second-order valence-corrected chi connectivity index (χ2v) is 7.72. The Bertz CT molecular complexity index is 1220. The Morgan fingerprint density at radius 3 is 2.12 bits per heavy atom. The van der Waals surface area contributed by atoms with Crippen LogP contribution < -0.4 is 9.80 Å². The van der Waals surface area contributed by atoms with E-state index in [1.807, 2.05) is 26.8 Å². The topological polar surface area (TPSA) is 110 Å². The predicted molar refractivity (Wildman–Crippen MR) is 119 cm³/mol. The van der Waals surface area contributed by atoms with E-state index in [-0.39, 0.29) is 0 Å². The van der Waals surface area contributed by atoms with E-state index >= 15 is 0 Å². The van der Waals surface area contributed by atoms with Crippen LogP contribution in [0.15, 0.2) is 41.6 Å². The number of aromatic nitrogens is 7. The van der Waals surface area contributed by atoms with Gasteiger partial charge in [0.25, 0.3) is 0 Å². The summed E-state index contributed by atoms with van der Waals surface area (Å²) in [5, 5.41) is 4.10. The molecule has 4 aromatic heterocycles. The van der Waals surface area contributed by atoms with E-state index < -0.39 is 0 Å². The summed E-state index contributed by atoms with van der Waals surface area (Å²) in [6.07, 6.45) is 8.78. The smallest absolute Gasteiger partial charge is 0.226 e. The van der Waals surface area contributed by atoms with Crippen molar-refractivity contribution in [3.63, 3.8) is 0 Å². The molecule has 0 spiro atoms. The van der Waals surface area contributed by atoms with Crippen LogP contribution in [0.5, 0.6) is 0 Å². The molecule has 32 heavy (non-hydrogen) atoms. The molecule has 4 aromatic rings. The predicted octanol–water partition coefficient (Wildman–Crippen LogP) is 2.63. The maximum absolute atomic E-state index is 5.60. The molecule has 0 unspecified atom stereocenters. The maximum atomic E-state index is 5.60. The first-order chi connectivity index (χ1) is 15.6. The highest BCUT2D eigenvalue weighted by atomic mass is 16.5. The van der Waals surface area contributed by atoms with Gasteiger partial charge in [-0.05, 0) is 26.8 Å². The van der Waals surface area contributed by atoms with E-state index in [0.29, 0.717) is 23.1 Å². The highest BCUT2D eigenvalue weighted by molar-refractivity contribution is 5.78. The summed E-state index contributed by atoms with van der Waals surface area (Å²) in [5.41, 5.74) is 4.73. The van der Waals surface area contributed by atoms with Crippen LogP contribution in [0, 0.1) is 20.8 Å². The number of hydrogen-bond donors (Lipinski definition) is 0. The third-order valence-corrected chi connectivity index (χ3v) is 5.60. The van der Waals surface area contributed by atoms with Gasteiger partial charge in [0.05, 0.1) is 23.1 Å². The largest absolute Gasteiger partial charge is 0.356 e. The molecule has 0 N–H and O–H groups in total. The zero-order valence-corrected chi connectivity index (χ0v) is 18.2. The summed E-state index contributed by atoms with van der Waals surface area (Å²) in [6.45, 7) is 8.89. The Labute approximate surface area is 185 Å². The number of nitrogens with zero attached hydrogens (tertiary/aromatic N) is 9. The van der Waals surface area contributed by atoms with Gasteiger partial charge in [0.2, 0.25) is 11.9 Å². The van der Waals surface area contributed by atoms with Gasteiger partial charge in [-0.2, -0.15) is 0 Å². The lowest BCUT2D eigenvalue weighted by molar-refractivity contribution is 0.426. The molecule has 5 heterocycles. The molecule has 1 aliphatic heterocycles. The second kappa shape index (κ2) is 8.29. The fourth-order valence-corrected chi connectivity index (χ4v) is 3.63. The van der Waals surface area contributed by atoms with E-state index in [1.54, 1.807) is 31.0 Å². The molecule has 5 rings (SSSR count). The van der Waals surface area contributed by atoms with E-state index in [9.17, 15) is 0 Å². The van der Waals surface area contributed by atoms with Crippen LogP contribution in [0.2, 0.25) is 0 Å². The standard InChI is InChI=1S/C22H23N9O/c1-14-11-26-18(13-25-14)19-17(20-15(2)16(3)29-32-20)12-27-22(28-19)31-9-7-30(8-10-31)21-23-5-4-6-24-21/h4-6,11-13H,7-10H2,1-3H3. The Morgan fingerprint density at radius 2 is 1.50 bits per heavy atom. The van der Waals surface area contributed by atoms with Gasteiger partial charge in [-0.15, -0.1) is 0 Å². The first-order valence-corrected chi connectivity index (χ1v) is 10.5. The van der Waals surface area contributed by atoms with E-state index in [1.165, 1.54) is 0 Å². The molecule has 0 aromatic carbocycles. The van der Waals surface area contributed by atoms with Crippen LogP contribution in [0.25, 0.3) is 22.7 Å². The fourth-order valence-electron chi connectivity index (χ4n) is 3.63. The average Bonchev–Trinajstić information content (AvgIpc) is 3.18. The number of rotatable bonds is 4. The second-order valence-electron chi connectivity index (χ2n) is 7.72. The van der Waals surface area contributed by atoms with Crippen LogP contribution in [0.4, 0.5) is 11.9 Å². The highest BCUT2D eigenvalue weighted by Crippen LogP contribution is 2.33. The first-order valence-electron chi connectivity index (χ1n) is 10.5. The number of hydrogen-bond acceptors (Lipinski definition) is 10. The summed E-state index contributed by atoms with van der Waals surface area (Å²) < 4.78 is 5.60. The van der Waals surface area contributed by atoms with Crippen molar-refractivity contribution in [1.29, 1.82) is 0 Å². The quantitative estimate of drug-likeness (QED) is 0.480. The van der Waals surface area contributed by atoms with Gasteiger partial charge in [0.1, 0.15) is 11.4 Å². The molecule has 0 atom stereocenters. The molecule has 0 radical (unpaired) electrons. The molecule has 0 bridgehead atoms. The fraction of sp³-hybridized carbons (Fsp3) is 0.318. The number of piperazine rings is 1. The summed E-state index contributed by atoms with van der Waals surface area (Å²) in [4.78, 5) is 31.5. The van der Waals surface area contributed by atoms with E-state index in [0.717, 1.165) is 54.6 Å². The lowest BCUT2D eigenvalue weighted by Gasteiger charge is -2.34. The normalized spacial score (nSPS) is 14.1. The minimum atomic E-state index is 0.647. The van der Waals surface area contributed by atoms with Gasteiger partial charge in [0.15, 0.2) is 5.76 Å². The minimum Gasteiger partial charge on any atom is -0.356 e. The molecular formula is C22H23N9O. The average molecular weight is 429 g/mol. The van der Waals surface area contributed by atoms with Crippen molar-refractivity contribution in [2.24, 2.45) is 0 Å². The molecule has 0 saturated carbocycles. The molecule has 10 nitrogen and oxygen atoms in total. The molecule has 10 heteroatoms. The van der Waals surface area contributed by atoms with Crippen LogP contribution in [-0.4, -0.2) is 61.2 Å². The highest BCUT2D eigenvalue weighted by Gasteiger charge is 2.24. The van der Waals surface area contributed by atoms with Crippen molar-refractivity contribution in [1.82, 2.24) is 35.1 Å². The van der Waals surface area contributed by atoms with Gasteiger partial charge < -0.3 is 14.3 Å². The van der Waals surface area contributed by atoms with Crippen molar-refractivity contribution >= 4 is 11.9 Å². The van der Waals surface area contributed by atoms with Crippen molar-refractivity contribution in [3.05, 3.63) is 54.0 Å². The molecule has 1 saturated heterocycles. The van der Waals surface area contributed by atoms with E-state index in [2.05, 4.69) is 39.9 Å². The van der Waals surface area contributed by atoms with Gasteiger partial charge >= 0.3 is 0 Å². The van der Waals surface area contributed by atoms with Crippen LogP contribution in [0.1, 0.15) is 17.0 Å². The summed E-state index contributed by atoms with van der Waals surface area (Å²) in [7, 11) is 0. The van der Waals surface area contributed by atoms with E-state index in [4.69, 9.17) is 9.51 Å². The Kier molecular flexibility index (Phi) is 5.18. The monoisotopic (exact) mass is 429 g/mol. The third-order valence-electron chi connectivity index (χ3n) is 5.60. The van der Waals surface area contributed by atoms with Gasteiger partial charge in [0, 0.05) is 56.5 Å². The van der Waals surface area contributed by atoms with Gasteiger partial charge in [-0.25, -0.2) is 19.9 Å². The minimum absolute atomic E-state index is 0.647. The molecule has 0 aliphatic carbocycles. The number of anilines is 2. The third kappa shape index (κ3) is 3.75. The molecular weight excluding hydrogens is 406 g/mol. The Hall–Kier alpha value is -3.95. The summed E-state index contributed by atoms with van der Waals surface area (Å²) >= 11 is 0. The van der Waals surface area contributed by atoms with Crippen LogP contribution in [-0.2, 0) is 0 Å². The Morgan fingerprint density at radius 1 is 0.781 bits per heavy atom. The van der Waals surface area contributed by atoms with Gasteiger partial charge in [-0.3, -0.25) is 9.97 Å². The first kappa shape index (κ1) is 20.0. The zero-order chi connectivity index (χ0) is 22.1. The van der Waals surface area contributed by atoms with Gasteiger partial charge in [-0.1, -0.05) is 5.16 Å². The molecule has 1 aliphatic rings. The maximum Gasteiger partial charge on any atom is 0.226 e. The summed E-state index contributed by atoms with van der Waals surface area (Å²) in [6, 6.07) is 1.82. The summed E-state index contributed by atoms with van der Waals surface area (Å²) in [5.74, 6) is 2.04. The van der Waals surface area contributed by atoms with Crippen molar-refractivity contribution in [3.8, 4) is 22.7 Å². The zero-order valence-electron chi connectivity index (χ0n) is 18.2. The lowest BCUT2D eigenvalue weighted by Crippen LogP contribution is -2.47. The van der Waals surface area contributed by atoms with Crippen molar-refractivity contribution < 1.29 is 4.52 Å². The van der Waals surface area contributed by atoms with Crippen LogP contribution in [0.3, 0.4) is 0 Å². The molecule has 1 fully saturated rings. The SMILES string of the molecule is Cc1cnc(-c2nc(N3CCN(c4ncccn4)CC3)ncc2-c2onc(C)c2C)cn1. The lowest BCUT2D eigenvalue weighted by atomic mass is 10.1. The number of aryl methyl sites for hydroxylation is 2. The molecule has 162 valence electrons. The Balaban J connectivity index is 1.47. The van der Waals surface area contributed by atoms with Crippen molar-refractivity contribution in [2.45, 2.75) is 20.8 Å².